The Labute approximate surface area is 157 Å². The molecule has 0 unspecified atom stereocenters. The first-order valence-electron chi connectivity index (χ1n) is 9.11. The molecular formula is C21H22N2O2S. The number of rotatable bonds is 6. The normalized spacial score (nSPS) is 14.8. The summed E-state index contributed by atoms with van der Waals surface area (Å²) in [6.07, 6.45) is 5.40. The number of carbonyl (C=O) groups excluding carboxylic acids is 1. The van der Waals surface area contributed by atoms with Gasteiger partial charge < -0.3 is 0 Å². The van der Waals surface area contributed by atoms with Crippen LogP contribution in [0.1, 0.15) is 47.9 Å². The van der Waals surface area contributed by atoms with Crippen LogP contribution in [0.3, 0.4) is 0 Å². The Morgan fingerprint density at radius 1 is 1.15 bits per heavy atom. The molecule has 4 nitrogen and oxygen atoms in total. The highest BCUT2D eigenvalue weighted by molar-refractivity contribution is 7.09. The molecule has 1 amide bonds. The number of aromatic nitrogens is 1. The quantitative estimate of drug-likeness (QED) is 0.641. The molecule has 0 bridgehead atoms. The molecule has 0 atom stereocenters. The highest BCUT2D eigenvalue weighted by Crippen LogP contribution is 2.35. The minimum atomic E-state index is -0.146. The summed E-state index contributed by atoms with van der Waals surface area (Å²) in [5.41, 5.74) is 4.44. The first kappa shape index (κ1) is 17.2. The number of hydrogen-bond acceptors (Lipinski definition) is 4. The van der Waals surface area contributed by atoms with Crippen LogP contribution >= 0.6 is 11.3 Å². The van der Waals surface area contributed by atoms with Crippen molar-refractivity contribution in [2.45, 2.75) is 44.6 Å². The Morgan fingerprint density at radius 2 is 1.96 bits per heavy atom. The van der Waals surface area contributed by atoms with Crippen LogP contribution < -0.4 is 5.48 Å². The van der Waals surface area contributed by atoms with E-state index in [0.29, 0.717) is 18.9 Å². The van der Waals surface area contributed by atoms with Gasteiger partial charge in [0, 0.05) is 11.3 Å². The van der Waals surface area contributed by atoms with Crippen molar-refractivity contribution in [3.63, 3.8) is 0 Å². The van der Waals surface area contributed by atoms with Crippen LogP contribution in [-0.2, 0) is 22.7 Å². The van der Waals surface area contributed by atoms with Crippen molar-refractivity contribution in [1.29, 1.82) is 0 Å². The smallest absolute Gasteiger partial charge is 0.247 e. The van der Waals surface area contributed by atoms with Gasteiger partial charge in [-0.15, -0.1) is 11.3 Å². The lowest BCUT2D eigenvalue weighted by Gasteiger charge is -2.07. The number of nitrogens with zero attached hydrogens (tertiary/aromatic N) is 1. The molecule has 1 aliphatic rings. The standard InChI is InChI=1S/C21H22N2O2S/c24-20(12-17-10-5-9-15-6-3-4-11-19(15)17)23-25-13-18-14-26-21(22-18)16-7-1-2-8-16/h3-6,9-11,14,16H,1-2,7-8,12-13H2,(H,23,24). The zero-order valence-electron chi connectivity index (χ0n) is 14.6. The van der Waals surface area contributed by atoms with E-state index in [2.05, 4.69) is 22.6 Å². The molecule has 0 aliphatic heterocycles. The van der Waals surface area contributed by atoms with E-state index < -0.39 is 0 Å². The van der Waals surface area contributed by atoms with Crippen molar-refractivity contribution in [2.24, 2.45) is 0 Å². The van der Waals surface area contributed by atoms with Gasteiger partial charge in [0.2, 0.25) is 5.91 Å². The molecule has 0 spiro atoms. The summed E-state index contributed by atoms with van der Waals surface area (Å²) < 4.78 is 0. The first-order valence-corrected chi connectivity index (χ1v) is 9.99. The minimum absolute atomic E-state index is 0.146. The maximum absolute atomic E-state index is 12.2. The van der Waals surface area contributed by atoms with E-state index in [0.717, 1.165) is 22.0 Å². The monoisotopic (exact) mass is 366 g/mol. The van der Waals surface area contributed by atoms with Crippen LogP contribution in [0, 0.1) is 0 Å². The lowest BCUT2D eigenvalue weighted by atomic mass is 10.0. The fraction of sp³-hybridized carbons (Fsp3) is 0.333. The summed E-state index contributed by atoms with van der Waals surface area (Å²) in [7, 11) is 0. The van der Waals surface area contributed by atoms with Gasteiger partial charge in [0.1, 0.15) is 6.61 Å². The van der Waals surface area contributed by atoms with Gasteiger partial charge in [-0.05, 0) is 29.2 Å². The predicted molar refractivity (Wildman–Crippen MR) is 104 cm³/mol. The van der Waals surface area contributed by atoms with E-state index >= 15 is 0 Å². The van der Waals surface area contributed by atoms with Crippen molar-refractivity contribution >= 4 is 28.0 Å². The Morgan fingerprint density at radius 3 is 2.85 bits per heavy atom. The predicted octanol–water partition coefficient (Wildman–Crippen LogP) is 4.74. The van der Waals surface area contributed by atoms with Gasteiger partial charge in [0.05, 0.1) is 17.1 Å². The van der Waals surface area contributed by atoms with E-state index in [1.807, 2.05) is 35.7 Å². The van der Waals surface area contributed by atoms with Gasteiger partial charge in [0.15, 0.2) is 0 Å². The maximum Gasteiger partial charge on any atom is 0.247 e. The van der Waals surface area contributed by atoms with Gasteiger partial charge in [-0.25, -0.2) is 10.5 Å². The van der Waals surface area contributed by atoms with Crippen LogP contribution in [-0.4, -0.2) is 10.9 Å². The molecule has 2 aromatic carbocycles. The minimum Gasteiger partial charge on any atom is -0.272 e. The summed E-state index contributed by atoms with van der Waals surface area (Å²) in [5.74, 6) is 0.474. The summed E-state index contributed by atoms with van der Waals surface area (Å²) in [4.78, 5) is 22.2. The van der Waals surface area contributed by atoms with Gasteiger partial charge >= 0.3 is 0 Å². The Balaban J connectivity index is 1.30. The highest BCUT2D eigenvalue weighted by Gasteiger charge is 2.20. The highest BCUT2D eigenvalue weighted by atomic mass is 32.1. The van der Waals surface area contributed by atoms with E-state index in [9.17, 15) is 4.79 Å². The average molecular weight is 366 g/mol. The van der Waals surface area contributed by atoms with E-state index in [1.165, 1.54) is 30.7 Å². The number of carbonyl (C=O) groups is 1. The van der Waals surface area contributed by atoms with Gasteiger partial charge in [-0.1, -0.05) is 55.3 Å². The molecule has 1 saturated carbocycles. The number of nitrogens with one attached hydrogen (secondary N) is 1. The van der Waals surface area contributed by atoms with Crippen molar-refractivity contribution in [2.75, 3.05) is 0 Å². The molecule has 5 heteroatoms. The molecule has 3 aromatic rings. The lowest BCUT2D eigenvalue weighted by Crippen LogP contribution is -2.25. The molecule has 4 rings (SSSR count). The second kappa shape index (κ2) is 7.98. The summed E-state index contributed by atoms with van der Waals surface area (Å²) >= 11 is 1.71. The maximum atomic E-state index is 12.2. The SMILES string of the molecule is O=C(Cc1cccc2ccccc12)NOCc1csc(C2CCCC2)n1. The Bertz CT molecular complexity index is 894. The molecule has 134 valence electrons. The summed E-state index contributed by atoms with van der Waals surface area (Å²) in [5, 5.41) is 5.49. The largest absolute Gasteiger partial charge is 0.272 e. The second-order valence-electron chi connectivity index (χ2n) is 6.79. The van der Waals surface area contributed by atoms with E-state index in [4.69, 9.17) is 4.84 Å². The van der Waals surface area contributed by atoms with Crippen molar-refractivity contribution < 1.29 is 9.63 Å². The van der Waals surface area contributed by atoms with Gasteiger partial charge in [-0.2, -0.15) is 0 Å². The van der Waals surface area contributed by atoms with E-state index in [1.54, 1.807) is 11.3 Å². The molecule has 0 saturated heterocycles. The molecule has 1 N–H and O–H groups in total. The van der Waals surface area contributed by atoms with Crippen LogP contribution in [0.2, 0.25) is 0 Å². The number of amides is 1. The lowest BCUT2D eigenvalue weighted by molar-refractivity contribution is -0.133. The Hall–Kier alpha value is -2.24. The molecule has 0 radical (unpaired) electrons. The molecular weight excluding hydrogens is 344 g/mol. The zero-order chi connectivity index (χ0) is 17.8. The van der Waals surface area contributed by atoms with Gasteiger partial charge in [0.25, 0.3) is 0 Å². The van der Waals surface area contributed by atoms with Crippen LogP contribution in [0.4, 0.5) is 0 Å². The third-order valence-electron chi connectivity index (χ3n) is 4.91. The topological polar surface area (TPSA) is 51.2 Å². The zero-order valence-corrected chi connectivity index (χ0v) is 15.4. The summed E-state index contributed by atoms with van der Waals surface area (Å²) in [6, 6.07) is 14.1. The average Bonchev–Trinajstić information content (AvgIpc) is 3.34. The van der Waals surface area contributed by atoms with Crippen molar-refractivity contribution in [3.05, 3.63) is 64.1 Å². The number of hydrogen-bond donors (Lipinski definition) is 1. The van der Waals surface area contributed by atoms with Crippen LogP contribution in [0.15, 0.2) is 47.8 Å². The number of hydroxylamine groups is 1. The van der Waals surface area contributed by atoms with Crippen molar-refractivity contribution in [1.82, 2.24) is 10.5 Å². The number of fused-ring (bicyclic) bond motifs is 1. The van der Waals surface area contributed by atoms with Crippen molar-refractivity contribution in [3.8, 4) is 0 Å². The van der Waals surface area contributed by atoms with Gasteiger partial charge in [-0.3, -0.25) is 9.63 Å². The molecule has 1 aliphatic carbocycles. The third kappa shape index (κ3) is 3.94. The molecule has 1 heterocycles. The Kier molecular flexibility index (Phi) is 5.27. The third-order valence-corrected chi connectivity index (χ3v) is 5.97. The fourth-order valence-electron chi connectivity index (χ4n) is 3.60. The molecule has 26 heavy (non-hydrogen) atoms. The summed E-state index contributed by atoms with van der Waals surface area (Å²) in [6.45, 7) is 0.310. The number of benzene rings is 2. The fourth-order valence-corrected chi connectivity index (χ4v) is 4.57. The molecule has 1 fully saturated rings. The second-order valence-corrected chi connectivity index (χ2v) is 7.68. The van der Waals surface area contributed by atoms with Crippen LogP contribution in [0.5, 0.6) is 0 Å². The number of thiazole rings is 1. The molecule has 1 aromatic heterocycles. The van der Waals surface area contributed by atoms with E-state index in [-0.39, 0.29) is 5.91 Å². The first-order chi connectivity index (χ1) is 12.8. The van der Waals surface area contributed by atoms with Crippen LogP contribution in [0.25, 0.3) is 10.8 Å².